The van der Waals surface area contributed by atoms with E-state index in [0.29, 0.717) is 11.4 Å². The molecule has 0 radical (unpaired) electrons. The van der Waals surface area contributed by atoms with E-state index >= 15 is 0 Å². The second-order valence-electron chi connectivity index (χ2n) is 8.33. The predicted octanol–water partition coefficient (Wildman–Crippen LogP) is 4.04. The number of carbonyl (C=O) groups excluding carboxylic acids is 3. The highest BCUT2D eigenvalue weighted by Crippen LogP contribution is 2.32. The molecule has 1 aliphatic heterocycles. The van der Waals surface area contributed by atoms with Gasteiger partial charge in [0.1, 0.15) is 0 Å². The summed E-state index contributed by atoms with van der Waals surface area (Å²) in [5.41, 5.74) is 2.98. The van der Waals surface area contributed by atoms with Crippen molar-refractivity contribution in [2.75, 3.05) is 23.8 Å². The van der Waals surface area contributed by atoms with E-state index in [4.69, 9.17) is 0 Å². The van der Waals surface area contributed by atoms with E-state index in [1.165, 1.54) is 4.90 Å². The summed E-state index contributed by atoms with van der Waals surface area (Å²) in [6.07, 6.45) is 0.189. The summed E-state index contributed by atoms with van der Waals surface area (Å²) in [7, 11) is 1.65. The average Bonchev–Trinajstić information content (AvgIpc) is 2.94. The summed E-state index contributed by atoms with van der Waals surface area (Å²) in [4.78, 5) is 42.4. The number of carbonyl (C=O) groups is 3. The molecule has 1 N–H and O–H groups in total. The minimum absolute atomic E-state index is 0.0954. The van der Waals surface area contributed by atoms with Crippen molar-refractivity contribution in [2.24, 2.45) is 0 Å². The van der Waals surface area contributed by atoms with Crippen LogP contribution in [0.4, 0.5) is 11.4 Å². The smallest absolute Gasteiger partial charge is 0.246 e. The fourth-order valence-electron chi connectivity index (χ4n) is 4.31. The molecule has 1 atom stereocenters. The summed E-state index contributed by atoms with van der Waals surface area (Å²) < 4.78 is 0. The van der Waals surface area contributed by atoms with Crippen LogP contribution < -0.4 is 10.2 Å². The lowest BCUT2D eigenvalue weighted by Gasteiger charge is -2.31. The van der Waals surface area contributed by atoms with E-state index in [1.54, 1.807) is 18.0 Å². The first-order chi connectivity index (χ1) is 16.0. The molecule has 33 heavy (non-hydrogen) atoms. The van der Waals surface area contributed by atoms with Crippen molar-refractivity contribution in [1.82, 2.24) is 4.90 Å². The number of benzene rings is 3. The lowest BCUT2D eigenvalue weighted by atomic mass is 9.90. The van der Waals surface area contributed by atoms with E-state index in [2.05, 4.69) is 5.32 Å². The first-order valence-electron chi connectivity index (χ1n) is 11.0. The van der Waals surface area contributed by atoms with Crippen molar-refractivity contribution < 1.29 is 14.4 Å². The van der Waals surface area contributed by atoms with Crippen LogP contribution in [0.25, 0.3) is 0 Å². The van der Waals surface area contributed by atoms with Crippen molar-refractivity contribution in [3.63, 3.8) is 0 Å². The minimum atomic E-state index is -0.512. The Bertz CT molecular complexity index is 1110. The molecule has 4 rings (SSSR count). The molecule has 6 heteroatoms. The summed E-state index contributed by atoms with van der Waals surface area (Å²) in [5.74, 6) is -1.04. The number of para-hydroxylation sites is 2. The molecule has 0 aliphatic carbocycles. The molecule has 3 amide bonds. The molecular weight excluding hydrogens is 414 g/mol. The number of nitrogens with zero attached hydrogens (tertiary/aromatic N) is 2. The number of hydrogen-bond acceptors (Lipinski definition) is 3. The summed E-state index contributed by atoms with van der Waals surface area (Å²) in [6, 6.07) is 26.1. The van der Waals surface area contributed by atoms with E-state index in [-0.39, 0.29) is 36.7 Å². The van der Waals surface area contributed by atoms with Crippen LogP contribution in [0.15, 0.2) is 84.9 Å². The first-order valence-corrected chi connectivity index (χ1v) is 11.0. The third kappa shape index (κ3) is 4.80. The lowest BCUT2D eigenvalue weighted by molar-refractivity contribution is -0.134. The highest BCUT2D eigenvalue weighted by atomic mass is 16.2. The van der Waals surface area contributed by atoms with Crippen LogP contribution in [-0.2, 0) is 14.4 Å². The topological polar surface area (TPSA) is 69.7 Å². The van der Waals surface area contributed by atoms with Crippen LogP contribution in [0.1, 0.15) is 30.4 Å². The second-order valence-corrected chi connectivity index (χ2v) is 8.33. The maximum atomic E-state index is 13.6. The van der Waals surface area contributed by atoms with Crippen LogP contribution >= 0.6 is 0 Å². The third-order valence-corrected chi connectivity index (χ3v) is 5.89. The molecule has 6 nitrogen and oxygen atoms in total. The average molecular weight is 442 g/mol. The molecule has 1 aliphatic rings. The molecule has 3 aromatic carbocycles. The summed E-state index contributed by atoms with van der Waals surface area (Å²) in [5, 5.41) is 2.86. The van der Waals surface area contributed by atoms with Gasteiger partial charge in [-0.15, -0.1) is 0 Å². The summed E-state index contributed by atoms with van der Waals surface area (Å²) >= 11 is 0. The Morgan fingerprint density at radius 3 is 2.09 bits per heavy atom. The van der Waals surface area contributed by atoms with E-state index in [1.807, 2.05) is 85.8 Å². The number of likely N-dealkylation sites (N-methyl/N-ethyl adjacent to an activating group) is 1. The van der Waals surface area contributed by atoms with Crippen molar-refractivity contribution in [3.8, 4) is 0 Å². The Balaban J connectivity index is 1.60. The summed E-state index contributed by atoms with van der Waals surface area (Å²) in [6.45, 7) is 1.75. The Kier molecular flexibility index (Phi) is 6.54. The largest absolute Gasteiger partial charge is 0.336 e. The molecular formula is C27H27N3O3. The molecule has 1 heterocycles. The number of amides is 3. The van der Waals surface area contributed by atoms with Gasteiger partial charge in [0.25, 0.3) is 0 Å². The number of anilines is 2. The van der Waals surface area contributed by atoms with Gasteiger partial charge < -0.3 is 15.1 Å². The van der Waals surface area contributed by atoms with Crippen molar-refractivity contribution in [2.45, 2.75) is 25.3 Å². The SMILES string of the molecule is C[C@@H]1CC(=O)Nc2ccccc2N1C(=O)CN(C)C(=O)C(c1ccccc1)c1ccccc1. The number of nitrogens with one attached hydrogen (secondary N) is 1. The zero-order chi connectivity index (χ0) is 23.4. The van der Waals surface area contributed by atoms with E-state index in [0.717, 1.165) is 11.1 Å². The van der Waals surface area contributed by atoms with Crippen LogP contribution in [0.2, 0.25) is 0 Å². The zero-order valence-electron chi connectivity index (χ0n) is 18.8. The number of fused-ring (bicyclic) bond motifs is 1. The van der Waals surface area contributed by atoms with Gasteiger partial charge in [0, 0.05) is 19.5 Å². The Labute approximate surface area is 193 Å². The Morgan fingerprint density at radius 2 is 1.48 bits per heavy atom. The van der Waals surface area contributed by atoms with Crippen LogP contribution in [0, 0.1) is 0 Å². The quantitative estimate of drug-likeness (QED) is 0.650. The monoisotopic (exact) mass is 441 g/mol. The molecule has 168 valence electrons. The van der Waals surface area contributed by atoms with Gasteiger partial charge in [-0.3, -0.25) is 14.4 Å². The van der Waals surface area contributed by atoms with E-state index in [9.17, 15) is 14.4 Å². The maximum Gasteiger partial charge on any atom is 0.246 e. The van der Waals surface area contributed by atoms with Gasteiger partial charge in [-0.05, 0) is 30.2 Å². The molecule has 0 spiro atoms. The highest BCUT2D eigenvalue weighted by molar-refractivity contribution is 6.05. The van der Waals surface area contributed by atoms with Gasteiger partial charge in [-0.2, -0.15) is 0 Å². The maximum absolute atomic E-state index is 13.6. The zero-order valence-corrected chi connectivity index (χ0v) is 18.8. The third-order valence-electron chi connectivity index (χ3n) is 5.89. The number of rotatable bonds is 5. The van der Waals surface area contributed by atoms with Crippen LogP contribution in [0.3, 0.4) is 0 Å². The second kappa shape index (κ2) is 9.69. The van der Waals surface area contributed by atoms with Gasteiger partial charge in [0.05, 0.1) is 23.8 Å². The highest BCUT2D eigenvalue weighted by Gasteiger charge is 2.32. The Hall–Kier alpha value is -3.93. The van der Waals surface area contributed by atoms with E-state index < -0.39 is 5.92 Å². The van der Waals surface area contributed by atoms with Gasteiger partial charge in [-0.1, -0.05) is 72.8 Å². The predicted molar refractivity (Wildman–Crippen MR) is 129 cm³/mol. The van der Waals surface area contributed by atoms with Crippen LogP contribution in [-0.4, -0.2) is 42.3 Å². The standard InChI is InChI=1S/C27H27N3O3/c1-19-17-24(31)28-22-15-9-10-16-23(22)30(19)25(32)18-29(2)27(33)26(20-11-5-3-6-12-20)21-13-7-4-8-14-21/h3-16,19,26H,17-18H2,1-2H3,(H,28,31)/t19-/m1/s1. The fraction of sp³-hybridized carbons (Fsp3) is 0.222. The first kappa shape index (κ1) is 22.3. The van der Waals surface area contributed by atoms with Gasteiger partial charge >= 0.3 is 0 Å². The molecule has 0 saturated carbocycles. The molecule has 0 saturated heterocycles. The fourth-order valence-corrected chi connectivity index (χ4v) is 4.31. The normalized spacial score (nSPS) is 15.4. The Morgan fingerprint density at radius 1 is 0.939 bits per heavy atom. The number of hydrogen-bond donors (Lipinski definition) is 1. The molecule has 0 unspecified atom stereocenters. The molecule has 3 aromatic rings. The van der Waals surface area contributed by atoms with Crippen molar-refractivity contribution in [1.29, 1.82) is 0 Å². The molecule has 0 aromatic heterocycles. The van der Waals surface area contributed by atoms with Gasteiger partial charge in [0.2, 0.25) is 17.7 Å². The van der Waals surface area contributed by atoms with Crippen molar-refractivity contribution >= 4 is 29.1 Å². The molecule has 0 fully saturated rings. The van der Waals surface area contributed by atoms with Crippen molar-refractivity contribution in [3.05, 3.63) is 96.1 Å². The van der Waals surface area contributed by atoms with Gasteiger partial charge in [0.15, 0.2) is 0 Å². The van der Waals surface area contributed by atoms with Gasteiger partial charge in [-0.25, -0.2) is 0 Å². The van der Waals surface area contributed by atoms with Crippen LogP contribution in [0.5, 0.6) is 0 Å². The minimum Gasteiger partial charge on any atom is -0.336 e. The lowest BCUT2D eigenvalue weighted by Crippen LogP contribution is -2.46. The molecule has 0 bridgehead atoms.